The molecule has 0 heterocycles. The smallest absolute Gasteiger partial charge is 0.212 e. The van der Waals surface area contributed by atoms with E-state index in [0.29, 0.717) is 25.0 Å². The van der Waals surface area contributed by atoms with E-state index in [0.717, 1.165) is 18.6 Å². The summed E-state index contributed by atoms with van der Waals surface area (Å²) in [6.45, 7) is 2.75. The number of ether oxygens (including phenoxy) is 1. The summed E-state index contributed by atoms with van der Waals surface area (Å²) in [5.74, 6) is 1.59. The van der Waals surface area contributed by atoms with Crippen molar-refractivity contribution in [1.82, 2.24) is 10.0 Å². The number of methoxy groups -OCH3 is 1. The molecule has 2 rings (SSSR count). The van der Waals surface area contributed by atoms with E-state index in [9.17, 15) is 8.42 Å². The fraction of sp³-hybridized carbons (Fsp3) is 0.600. The first-order valence-corrected chi connectivity index (χ1v) is 9.04. The zero-order chi connectivity index (χ0) is 15.3. The molecule has 1 aliphatic rings. The van der Waals surface area contributed by atoms with Gasteiger partial charge < -0.3 is 10.1 Å². The number of sulfonamides is 1. The van der Waals surface area contributed by atoms with Gasteiger partial charge in [-0.25, -0.2) is 13.1 Å². The van der Waals surface area contributed by atoms with Crippen LogP contribution in [0, 0.1) is 0 Å². The van der Waals surface area contributed by atoms with Gasteiger partial charge in [0.2, 0.25) is 10.0 Å². The van der Waals surface area contributed by atoms with E-state index in [2.05, 4.69) is 22.2 Å². The van der Waals surface area contributed by atoms with Gasteiger partial charge in [0.25, 0.3) is 0 Å². The van der Waals surface area contributed by atoms with Crippen LogP contribution in [-0.2, 0) is 10.0 Å². The van der Waals surface area contributed by atoms with Gasteiger partial charge in [-0.05, 0) is 36.5 Å². The van der Waals surface area contributed by atoms with Crippen molar-refractivity contribution in [2.75, 3.05) is 26.0 Å². The Morgan fingerprint density at radius 3 is 2.48 bits per heavy atom. The minimum atomic E-state index is -3.11. The molecule has 21 heavy (non-hydrogen) atoms. The van der Waals surface area contributed by atoms with Crippen LogP contribution in [0.1, 0.15) is 31.2 Å². The predicted molar refractivity (Wildman–Crippen MR) is 84.2 cm³/mol. The van der Waals surface area contributed by atoms with E-state index in [1.165, 1.54) is 5.56 Å². The summed E-state index contributed by atoms with van der Waals surface area (Å²) in [6, 6.07) is 8.61. The lowest BCUT2D eigenvalue weighted by Crippen LogP contribution is -2.43. The fourth-order valence-electron chi connectivity index (χ4n) is 2.62. The van der Waals surface area contributed by atoms with Crippen LogP contribution < -0.4 is 14.8 Å². The Balaban J connectivity index is 1.69. The highest BCUT2D eigenvalue weighted by Crippen LogP contribution is 2.37. The molecule has 1 fully saturated rings. The van der Waals surface area contributed by atoms with Crippen LogP contribution >= 0.6 is 0 Å². The minimum absolute atomic E-state index is 0.143. The third-order valence-corrected chi connectivity index (χ3v) is 5.36. The van der Waals surface area contributed by atoms with Gasteiger partial charge in [0, 0.05) is 19.1 Å². The molecule has 0 bridgehead atoms. The summed E-state index contributed by atoms with van der Waals surface area (Å²) in [5.41, 5.74) is 1.33. The van der Waals surface area contributed by atoms with Crippen molar-refractivity contribution in [3.63, 3.8) is 0 Å². The minimum Gasteiger partial charge on any atom is -0.497 e. The number of rotatable bonds is 8. The van der Waals surface area contributed by atoms with Crippen molar-refractivity contribution in [3.05, 3.63) is 29.8 Å². The van der Waals surface area contributed by atoms with Crippen molar-refractivity contribution < 1.29 is 13.2 Å². The van der Waals surface area contributed by atoms with E-state index in [4.69, 9.17) is 4.74 Å². The second-order valence-electron chi connectivity index (χ2n) is 5.41. The van der Waals surface area contributed by atoms with Crippen LogP contribution in [0.25, 0.3) is 0 Å². The lowest BCUT2D eigenvalue weighted by molar-refractivity contribution is 0.296. The van der Waals surface area contributed by atoms with Gasteiger partial charge in [-0.15, -0.1) is 0 Å². The average molecular weight is 312 g/mol. The van der Waals surface area contributed by atoms with E-state index in [1.807, 2.05) is 12.1 Å². The largest absolute Gasteiger partial charge is 0.497 e. The van der Waals surface area contributed by atoms with Crippen molar-refractivity contribution in [2.24, 2.45) is 0 Å². The molecule has 5 nitrogen and oxygen atoms in total. The molecular formula is C15H24N2O3S. The highest BCUT2D eigenvalue weighted by molar-refractivity contribution is 7.89. The molecule has 1 saturated carbocycles. The highest BCUT2D eigenvalue weighted by atomic mass is 32.2. The van der Waals surface area contributed by atoms with Crippen molar-refractivity contribution in [2.45, 2.75) is 31.7 Å². The molecule has 1 aliphatic carbocycles. The van der Waals surface area contributed by atoms with Crippen LogP contribution in [0.15, 0.2) is 24.3 Å². The van der Waals surface area contributed by atoms with Gasteiger partial charge in [-0.3, -0.25) is 0 Å². The van der Waals surface area contributed by atoms with Crippen molar-refractivity contribution >= 4 is 10.0 Å². The second-order valence-corrected chi connectivity index (χ2v) is 7.34. The molecule has 1 aromatic carbocycles. The van der Waals surface area contributed by atoms with E-state index < -0.39 is 10.0 Å². The molecule has 6 heteroatoms. The Morgan fingerprint density at radius 2 is 1.90 bits per heavy atom. The summed E-state index contributed by atoms with van der Waals surface area (Å²) in [6.07, 6.45) is 2.13. The summed E-state index contributed by atoms with van der Waals surface area (Å²) in [5, 5.41) is 3.31. The van der Waals surface area contributed by atoms with Gasteiger partial charge in [0.15, 0.2) is 0 Å². The molecular weight excluding hydrogens is 288 g/mol. The maximum absolute atomic E-state index is 11.5. The Kier molecular flexibility index (Phi) is 5.61. The normalized spacial score (nSPS) is 21.8. The van der Waals surface area contributed by atoms with Crippen LogP contribution in [0.2, 0.25) is 0 Å². The molecule has 0 unspecified atom stereocenters. The fourth-order valence-corrected chi connectivity index (χ4v) is 3.59. The highest BCUT2D eigenvalue weighted by Gasteiger charge is 2.29. The maximum Gasteiger partial charge on any atom is 0.212 e. The van der Waals surface area contributed by atoms with E-state index >= 15 is 0 Å². The Labute approximate surface area is 127 Å². The maximum atomic E-state index is 11.5. The zero-order valence-corrected chi connectivity index (χ0v) is 13.4. The summed E-state index contributed by atoms with van der Waals surface area (Å²) < 4.78 is 30.7. The number of hydrogen-bond donors (Lipinski definition) is 2. The Morgan fingerprint density at radius 1 is 1.24 bits per heavy atom. The lowest BCUT2D eigenvalue weighted by atomic mass is 9.76. The zero-order valence-electron chi connectivity index (χ0n) is 12.6. The molecule has 0 atom stereocenters. The number of nitrogens with one attached hydrogen (secondary N) is 2. The van der Waals surface area contributed by atoms with Crippen LogP contribution in [0.3, 0.4) is 0 Å². The third kappa shape index (κ3) is 4.69. The average Bonchev–Trinajstić information content (AvgIpc) is 2.41. The molecule has 1 aromatic rings. The van der Waals surface area contributed by atoms with E-state index in [-0.39, 0.29) is 5.75 Å². The Hall–Kier alpha value is -1.11. The van der Waals surface area contributed by atoms with Crippen molar-refractivity contribution in [3.8, 4) is 5.75 Å². The SMILES string of the molecule is CCNS(=O)(=O)CCNC1CC(c2ccc(OC)cc2)C1. The summed E-state index contributed by atoms with van der Waals surface area (Å²) in [4.78, 5) is 0. The Bertz CT molecular complexity index is 537. The molecule has 0 aliphatic heterocycles. The topological polar surface area (TPSA) is 67.4 Å². The van der Waals surface area contributed by atoms with Gasteiger partial charge in [-0.1, -0.05) is 19.1 Å². The number of benzene rings is 1. The van der Waals surface area contributed by atoms with E-state index in [1.54, 1.807) is 14.0 Å². The summed E-state index contributed by atoms with van der Waals surface area (Å²) in [7, 11) is -1.44. The first-order valence-electron chi connectivity index (χ1n) is 7.38. The summed E-state index contributed by atoms with van der Waals surface area (Å²) >= 11 is 0. The van der Waals surface area contributed by atoms with Gasteiger partial charge >= 0.3 is 0 Å². The second kappa shape index (κ2) is 7.24. The standard InChI is InChI=1S/C15H24N2O3S/c1-3-17-21(18,19)9-8-16-14-10-13(11-14)12-4-6-15(20-2)7-5-12/h4-7,13-14,16-17H,3,8-11H2,1-2H3. The first-order chi connectivity index (χ1) is 10.0. The molecule has 0 spiro atoms. The van der Waals surface area contributed by atoms with Gasteiger partial charge in [-0.2, -0.15) is 0 Å². The van der Waals surface area contributed by atoms with Crippen LogP contribution in [-0.4, -0.2) is 40.4 Å². The first kappa shape index (κ1) is 16.3. The lowest BCUT2D eigenvalue weighted by Gasteiger charge is -2.36. The number of hydrogen-bond acceptors (Lipinski definition) is 4. The molecule has 0 aromatic heterocycles. The van der Waals surface area contributed by atoms with Crippen molar-refractivity contribution in [1.29, 1.82) is 0 Å². The molecule has 0 radical (unpaired) electrons. The van der Waals surface area contributed by atoms with Gasteiger partial charge in [0.1, 0.15) is 5.75 Å². The quantitative estimate of drug-likeness (QED) is 0.763. The molecule has 2 N–H and O–H groups in total. The third-order valence-electron chi connectivity index (χ3n) is 3.89. The monoisotopic (exact) mass is 312 g/mol. The predicted octanol–water partition coefficient (Wildman–Crippen LogP) is 1.47. The van der Waals surface area contributed by atoms with Crippen LogP contribution in [0.5, 0.6) is 5.75 Å². The van der Waals surface area contributed by atoms with Gasteiger partial charge in [0.05, 0.1) is 12.9 Å². The molecule has 0 saturated heterocycles. The molecule has 0 amide bonds. The van der Waals surface area contributed by atoms with Crippen LogP contribution in [0.4, 0.5) is 0 Å². The molecule has 118 valence electrons.